The van der Waals surface area contributed by atoms with Gasteiger partial charge in [-0.15, -0.1) is 0 Å². The summed E-state index contributed by atoms with van der Waals surface area (Å²) in [6, 6.07) is 20.4. The molecule has 2 aromatic carbocycles. The average molecular weight is 460 g/mol. The van der Waals surface area contributed by atoms with Gasteiger partial charge in [-0.2, -0.15) is 0 Å². The minimum Gasteiger partial charge on any atom is -0.322 e. The highest BCUT2D eigenvalue weighted by Crippen LogP contribution is 2.34. The van der Waals surface area contributed by atoms with Crippen LogP contribution in [0, 0.1) is 6.92 Å². The molecule has 30 heavy (non-hydrogen) atoms. The smallest absolute Gasteiger partial charge is 0.255 e. The summed E-state index contributed by atoms with van der Waals surface area (Å²) in [6.07, 6.45) is 5.10. The van der Waals surface area contributed by atoms with Crippen molar-refractivity contribution in [2.24, 2.45) is 0 Å². The largest absolute Gasteiger partial charge is 0.322 e. The fourth-order valence-corrected chi connectivity index (χ4v) is 3.22. The number of hydrogen-bond acceptors (Lipinski definition) is 5. The van der Waals surface area contributed by atoms with E-state index < -0.39 is 0 Å². The van der Waals surface area contributed by atoms with Crippen molar-refractivity contribution in [3.8, 4) is 0 Å². The van der Waals surface area contributed by atoms with Crippen LogP contribution in [0.15, 0.2) is 89.8 Å². The van der Waals surface area contributed by atoms with Crippen LogP contribution in [-0.2, 0) is 0 Å². The fraction of sp³-hybridized carbons (Fsp3) is 0.0435. The van der Waals surface area contributed by atoms with Gasteiger partial charge in [-0.1, -0.05) is 28.1 Å². The molecule has 0 fully saturated rings. The number of amides is 1. The number of halogens is 1. The summed E-state index contributed by atoms with van der Waals surface area (Å²) in [5.41, 5.74) is 3.07. The second-order valence-corrected chi connectivity index (χ2v) is 7.45. The van der Waals surface area contributed by atoms with E-state index >= 15 is 0 Å². The summed E-state index contributed by atoms with van der Waals surface area (Å²) in [5.74, 6) is 0.997. The number of carbonyl (C=O) groups is 1. The summed E-state index contributed by atoms with van der Waals surface area (Å²) in [7, 11) is 0. The standard InChI is InChI=1S/C23H18BrN5O/c1-16-6-11-19(28-22(30)17-7-9-18(24)10-8-17)15-20(16)29(21-5-2-3-12-25-21)23-26-13-4-14-27-23/h2-15H,1H3,(H,28,30). The zero-order chi connectivity index (χ0) is 20.9. The van der Waals surface area contributed by atoms with Crippen LogP contribution in [0.3, 0.4) is 0 Å². The number of aromatic nitrogens is 3. The lowest BCUT2D eigenvalue weighted by molar-refractivity contribution is 0.102. The maximum absolute atomic E-state index is 12.7. The molecule has 0 radical (unpaired) electrons. The average Bonchev–Trinajstić information content (AvgIpc) is 2.78. The van der Waals surface area contributed by atoms with Gasteiger partial charge in [0, 0.05) is 34.3 Å². The predicted molar refractivity (Wildman–Crippen MR) is 121 cm³/mol. The molecule has 0 bridgehead atoms. The van der Waals surface area contributed by atoms with Crippen molar-refractivity contribution in [1.82, 2.24) is 15.0 Å². The van der Waals surface area contributed by atoms with Crippen LogP contribution in [0.5, 0.6) is 0 Å². The van der Waals surface area contributed by atoms with Crippen molar-refractivity contribution in [1.29, 1.82) is 0 Å². The summed E-state index contributed by atoms with van der Waals surface area (Å²) in [4.78, 5) is 27.8. The number of nitrogens with one attached hydrogen (secondary N) is 1. The van der Waals surface area contributed by atoms with Gasteiger partial charge in [-0.3, -0.25) is 9.69 Å². The number of anilines is 4. The second-order valence-electron chi connectivity index (χ2n) is 6.53. The maximum atomic E-state index is 12.7. The van der Waals surface area contributed by atoms with E-state index in [0.29, 0.717) is 23.0 Å². The molecule has 0 saturated heterocycles. The zero-order valence-electron chi connectivity index (χ0n) is 16.2. The quantitative estimate of drug-likeness (QED) is 0.416. The predicted octanol–water partition coefficient (Wildman–Crippen LogP) is 5.66. The van der Waals surface area contributed by atoms with Crippen molar-refractivity contribution in [2.45, 2.75) is 6.92 Å². The van der Waals surface area contributed by atoms with Crippen molar-refractivity contribution in [3.05, 3.63) is 101 Å². The molecule has 0 atom stereocenters. The van der Waals surface area contributed by atoms with Crippen molar-refractivity contribution in [2.75, 3.05) is 10.2 Å². The Morgan fingerprint density at radius 3 is 2.33 bits per heavy atom. The third-order valence-electron chi connectivity index (χ3n) is 4.44. The van der Waals surface area contributed by atoms with Gasteiger partial charge in [0.1, 0.15) is 5.82 Å². The van der Waals surface area contributed by atoms with E-state index in [9.17, 15) is 4.79 Å². The lowest BCUT2D eigenvalue weighted by Crippen LogP contribution is -2.16. The monoisotopic (exact) mass is 459 g/mol. The lowest BCUT2D eigenvalue weighted by atomic mass is 10.1. The lowest BCUT2D eigenvalue weighted by Gasteiger charge is -2.24. The molecule has 2 heterocycles. The summed E-state index contributed by atoms with van der Waals surface area (Å²) in [6.45, 7) is 1.99. The van der Waals surface area contributed by atoms with Crippen LogP contribution in [0.4, 0.5) is 23.1 Å². The molecule has 7 heteroatoms. The third kappa shape index (κ3) is 4.36. The van der Waals surface area contributed by atoms with Crippen molar-refractivity contribution < 1.29 is 4.79 Å². The van der Waals surface area contributed by atoms with Crippen molar-refractivity contribution >= 4 is 45.0 Å². The number of carbonyl (C=O) groups excluding carboxylic acids is 1. The van der Waals surface area contributed by atoms with Crippen LogP contribution in [0.25, 0.3) is 0 Å². The summed E-state index contributed by atoms with van der Waals surface area (Å²) in [5, 5.41) is 2.96. The highest BCUT2D eigenvalue weighted by Gasteiger charge is 2.18. The molecule has 148 valence electrons. The molecule has 6 nitrogen and oxygen atoms in total. The van der Waals surface area contributed by atoms with Crippen LogP contribution < -0.4 is 10.2 Å². The Labute approximate surface area is 182 Å². The van der Waals surface area contributed by atoms with Gasteiger partial charge in [0.25, 0.3) is 5.91 Å². The first kappa shape index (κ1) is 19.7. The Kier molecular flexibility index (Phi) is 5.81. The van der Waals surface area contributed by atoms with Gasteiger partial charge in [0.05, 0.1) is 5.69 Å². The van der Waals surface area contributed by atoms with Crippen LogP contribution in [0.2, 0.25) is 0 Å². The van der Waals surface area contributed by atoms with Gasteiger partial charge in [-0.25, -0.2) is 15.0 Å². The third-order valence-corrected chi connectivity index (χ3v) is 4.97. The van der Waals surface area contributed by atoms with E-state index in [4.69, 9.17) is 0 Å². The number of rotatable bonds is 5. The Bertz CT molecular complexity index is 1110. The SMILES string of the molecule is Cc1ccc(NC(=O)c2ccc(Br)cc2)cc1N(c1ccccn1)c1ncccn1. The summed E-state index contributed by atoms with van der Waals surface area (Å²) >= 11 is 3.38. The molecule has 0 spiro atoms. The fourth-order valence-electron chi connectivity index (χ4n) is 2.96. The topological polar surface area (TPSA) is 71.0 Å². The maximum Gasteiger partial charge on any atom is 0.255 e. The van der Waals surface area contributed by atoms with E-state index in [1.54, 1.807) is 36.8 Å². The number of nitrogens with zero attached hydrogens (tertiary/aromatic N) is 4. The summed E-state index contributed by atoms with van der Waals surface area (Å²) < 4.78 is 0.922. The normalized spacial score (nSPS) is 10.5. The van der Waals surface area contributed by atoms with E-state index in [2.05, 4.69) is 36.2 Å². The van der Waals surface area contributed by atoms with E-state index in [1.165, 1.54) is 0 Å². The van der Waals surface area contributed by atoms with Crippen molar-refractivity contribution in [3.63, 3.8) is 0 Å². The number of pyridine rings is 1. The molecule has 1 N–H and O–H groups in total. The molecular weight excluding hydrogens is 442 g/mol. The molecule has 4 rings (SSSR count). The van der Waals surface area contributed by atoms with Crippen LogP contribution in [0.1, 0.15) is 15.9 Å². The highest BCUT2D eigenvalue weighted by molar-refractivity contribution is 9.10. The Balaban J connectivity index is 1.72. The first-order chi connectivity index (χ1) is 14.6. The molecule has 2 aromatic heterocycles. The van der Waals surface area contributed by atoms with Gasteiger partial charge in [0.2, 0.25) is 5.95 Å². The molecular formula is C23H18BrN5O. The Morgan fingerprint density at radius 2 is 1.63 bits per heavy atom. The highest BCUT2D eigenvalue weighted by atomic mass is 79.9. The second kappa shape index (κ2) is 8.84. The van der Waals surface area contributed by atoms with E-state index in [1.807, 2.05) is 60.4 Å². The molecule has 4 aromatic rings. The molecule has 0 unspecified atom stereocenters. The van der Waals surface area contributed by atoms with Gasteiger partial charge in [-0.05, 0) is 67.1 Å². The first-order valence-corrected chi connectivity index (χ1v) is 10.1. The molecule has 0 saturated carbocycles. The number of hydrogen-bond donors (Lipinski definition) is 1. The minimum absolute atomic E-state index is 0.183. The number of benzene rings is 2. The van der Waals surface area contributed by atoms with Gasteiger partial charge >= 0.3 is 0 Å². The zero-order valence-corrected chi connectivity index (χ0v) is 17.7. The molecule has 0 aliphatic heterocycles. The Hall–Kier alpha value is -3.58. The van der Waals surface area contributed by atoms with Gasteiger partial charge in [0.15, 0.2) is 0 Å². The molecule has 1 amide bonds. The minimum atomic E-state index is -0.183. The molecule has 0 aliphatic carbocycles. The van der Waals surface area contributed by atoms with E-state index in [0.717, 1.165) is 15.7 Å². The Morgan fingerprint density at radius 1 is 0.900 bits per heavy atom. The number of aryl methyl sites for hydroxylation is 1. The van der Waals surface area contributed by atoms with Crippen LogP contribution >= 0.6 is 15.9 Å². The van der Waals surface area contributed by atoms with E-state index in [-0.39, 0.29) is 5.91 Å². The molecule has 0 aliphatic rings. The van der Waals surface area contributed by atoms with Gasteiger partial charge < -0.3 is 5.32 Å². The first-order valence-electron chi connectivity index (χ1n) is 9.27. The van der Waals surface area contributed by atoms with Crippen LogP contribution in [-0.4, -0.2) is 20.9 Å².